The Morgan fingerprint density at radius 1 is 1.20 bits per heavy atom. The summed E-state index contributed by atoms with van der Waals surface area (Å²) >= 11 is 0. The lowest BCUT2D eigenvalue weighted by atomic mass is 9.90. The van der Waals surface area contributed by atoms with Crippen LogP contribution in [0.15, 0.2) is 41.7 Å². The second-order valence-corrected chi connectivity index (χ2v) is 8.40. The molecule has 0 spiro atoms. The first-order chi connectivity index (χ1) is 14.2. The van der Waals surface area contributed by atoms with Gasteiger partial charge in [0.25, 0.3) is 0 Å². The van der Waals surface area contributed by atoms with Crippen molar-refractivity contribution in [2.75, 3.05) is 26.2 Å². The molecular formula is C23H37IN6. The number of guanidine groups is 1. The first-order valence-electron chi connectivity index (χ1n) is 11.1. The number of hydrogen-bond acceptors (Lipinski definition) is 3. The van der Waals surface area contributed by atoms with Gasteiger partial charge in [-0.15, -0.1) is 34.2 Å². The summed E-state index contributed by atoms with van der Waals surface area (Å²) in [5.41, 5.74) is 1.46. The maximum absolute atomic E-state index is 4.91. The third-order valence-electron chi connectivity index (χ3n) is 5.54. The fourth-order valence-corrected chi connectivity index (χ4v) is 3.86. The standard InChI is InChI=1S/C23H36N6.HI/c1-4-22-27-26-18-29(22)15-12-24-23(25-17-19(2)3)28-13-10-21(11-14-28)16-20-8-6-5-7-9-20;/h5-9,18-19,21H,4,10-17H2,1-3H3,(H,24,25);1H. The summed E-state index contributed by atoms with van der Waals surface area (Å²) in [5, 5.41) is 11.8. The normalized spacial score (nSPS) is 15.3. The zero-order valence-electron chi connectivity index (χ0n) is 18.6. The van der Waals surface area contributed by atoms with Gasteiger partial charge in [0.05, 0.1) is 0 Å². The zero-order chi connectivity index (χ0) is 20.5. The van der Waals surface area contributed by atoms with E-state index in [1.54, 1.807) is 0 Å². The molecule has 1 fully saturated rings. The Balaban J connectivity index is 0.00000320. The minimum Gasteiger partial charge on any atom is -0.354 e. The van der Waals surface area contributed by atoms with Crippen molar-refractivity contribution < 1.29 is 0 Å². The second kappa shape index (κ2) is 12.9. The predicted octanol–water partition coefficient (Wildman–Crippen LogP) is 4.01. The number of benzene rings is 1. The molecule has 2 heterocycles. The number of piperidine rings is 1. The molecule has 0 aliphatic carbocycles. The van der Waals surface area contributed by atoms with Gasteiger partial charge in [-0.05, 0) is 36.7 Å². The minimum absolute atomic E-state index is 0. The van der Waals surface area contributed by atoms with E-state index in [2.05, 4.69) is 76.1 Å². The highest BCUT2D eigenvalue weighted by Crippen LogP contribution is 2.21. The minimum atomic E-state index is 0. The number of rotatable bonds is 8. The van der Waals surface area contributed by atoms with Crippen LogP contribution in [0.4, 0.5) is 0 Å². The molecule has 166 valence electrons. The fourth-order valence-electron chi connectivity index (χ4n) is 3.86. The monoisotopic (exact) mass is 524 g/mol. The van der Waals surface area contributed by atoms with Gasteiger partial charge in [-0.25, -0.2) is 0 Å². The zero-order valence-corrected chi connectivity index (χ0v) is 21.0. The van der Waals surface area contributed by atoms with Crippen molar-refractivity contribution in [2.45, 2.75) is 53.0 Å². The summed E-state index contributed by atoms with van der Waals surface area (Å²) < 4.78 is 2.12. The van der Waals surface area contributed by atoms with Gasteiger partial charge in [0.1, 0.15) is 12.2 Å². The number of aryl methyl sites for hydroxylation is 1. The predicted molar refractivity (Wildman–Crippen MR) is 134 cm³/mol. The van der Waals surface area contributed by atoms with Crippen molar-refractivity contribution >= 4 is 29.9 Å². The average Bonchev–Trinajstić information content (AvgIpc) is 3.19. The maximum Gasteiger partial charge on any atom is 0.193 e. The molecule has 0 radical (unpaired) electrons. The van der Waals surface area contributed by atoms with Crippen molar-refractivity contribution in [3.8, 4) is 0 Å². The summed E-state index contributed by atoms with van der Waals surface area (Å²) in [4.78, 5) is 7.35. The number of likely N-dealkylation sites (tertiary alicyclic amines) is 1. The molecule has 0 saturated carbocycles. The Morgan fingerprint density at radius 3 is 2.60 bits per heavy atom. The Morgan fingerprint density at radius 2 is 1.93 bits per heavy atom. The van der Waals surface area contributed by atoms with Crippen molar-refractivity contribution in [1.29, 1.82) is 0 Å². The van der Waals surface area contributed by atoms with Gasteiger partial charge in [-0.1, -0.05) is 51.1 Å². The Labute approximate surface area is 198 Å². The van der Waals surface area contributed by atoms with Crippen LogP contribution in [0.25, 0.3) is 0 Å². The van der Waals surface area contributed by atoms with Crippen LogP contribution in [0.3, 0.4) is 0 Å². The highest BCUT2D eigenvalue weighted by Gasteiger charge is 2.22. The van der Waals surface area contributed by atoms with E-state index in [-0.39, 0.29) is 24.0 Å². The third-order valence-corrected chi connectivity index (χ3v) is 5.54. The van der Waals surface area contributed by atoms with Gasteiger partial charge < -0.3 is 14.8 Å². The van der Waals surface area contributed by atoms with Crippen LogP contribution in [0.5, 0.6) is 0 Å². The summed E-state index contributed by atoms with van der Waals surface area (Å²) in [6.45, 7) is 11.3. The number of halogens is 1. The first-order valence-corrected chi connectivity index (χ1v) is 11.1. The molecule has 7 heteroatoms. The molecular weight excluding hydrogens is 487 g/mol. The summed E-state index contributed by atoms with van der Waals surface area (Å²) in [6.07, 6.45) is 6.36. The molecule has 1 aromatic heterocycles. The van der Waals surface area contributed by atoms with E-state index in [4.69, 9.17) is 4.99 Å². The lowest BCUT2D eigenvalue weighted by Crippen LogP contribution is -2.46. The van der Waals surface area contributed by atoms with Gasteiger partial charge in [0.15, 0.2) is 5.96 Å². The first kappa shape index (κ1) is 24.6. The highest BCUT2D eigenvalue weighted by molar-refractivity contribution is 14.0. The van der Waals surface area contributed by atoms with Crippen molar-refractivity contribution in [3.05, 3.63) is 48.0 Å². The van der Waals surface area contributed by atoms with E-state index in [0.717, 1.165) is 56.8 Å². The number of hydrogen-bond donors (Lipinski definition) is 1. The largest absolute Gasteiger partial charge is 0.354 e. The molecule has 1 N–H and O–H groups in total. The summed E-state index contributed by atoms with van der Waals surface area (Å²) in [6, 6.07) is 10.9. The van der Waals surface area contributed by atoms with Crippen LogP contribution in [-0.2, 0) is 19.4 Å². The topological polar surface area (TPSA) is 58.3 Å². The van der Waals surface area contributed by atoms with Crippen LogP contribution in [0.1, 0.15) is 45.0 Å². The number of nitrogens with one attached hydrogen (secondary N) is 1. The van der Waals surface area contributed by atoms with E-state index >= 15 is 0 Å². The van der Waals surface area contributed by atoms with Gasteiger partial charge in [-0.2, -0.15) is 0 Å². The lowest BCUT2D eigenvalue weighted by molar-refractivity contribution is 0.258. The third kappa shape index (κ3) is 7.56. The van der Waals surface area contributed by atoms with E-state index < -0.39 is 0 Å². The van der Waals surface area contributed by atoms with Crippen LogP contribution in [-0.4, -0.2) is 51.8 Å². The van der Waals surface area contributed by atoms with Crippen LogP contribution in [0, 0.1) is 11.8 Å². The Kier molecular flexibility index (Phi) is 10.6. The van der Waals surface area contributed by atoms with E-state index in [9.17, 15) is 0 Å². The van der Waals surface area contributed by atoms with Crippen molar-refractivity contribution in [1.82, 2.24) is 25.0 Å². The molecule has 0 unspecified atom stereocenters. The summed E-state index contributed by atoms with van der Waals surface area (Å²) in [7, 11) is 0. The summed E-state index contributed by atoms with van der Waals surface area (Å²) in [5.74, 6) is 3.42. The lowest BCUT2D eigenvalue weighted by Gasteiger charge is -2.34. The van der Waals surface area contributed by atoms with Crippen LogP contribution >= 0.6 is 24.0 Å². The van der Waals surface area contributed by atoms with E-state index in [0.29, 0.717) is 5.92 Å². The quantitative estimate of drug-likeness (QED) is 0.322. The molecule has 0 atom stereocenters. The second-order valence-electron chi connectivity index (χ2n) is 8.40. The molecule has 3 rings (SSSR count). The number of nitrogens with zero attached hydrogens (tertiary/aromatic N) is 5. The van der Waals surface area contributed by atoms with E-state index in [1.165, 1.54) is 24.8 Å². The van der Waals surface area contributed by atoms with Crippen LogP contribution in [0.2, 0.25) is 0 Å². The van der Waals surface area contributed by atoms with Gasteiger partial charge in [-0.3, -0.25) is 4.99 Å². The van der Waals surface area contributed by atoms with Gasteiger partial charge in [0, 0.05) is 39.1 Å². The molecule has 1 aliphatic heterocycles. The van der Waals surface area contributed by atoms with Crippen molar-refractivity contribution in [3.63, 3.8) is 0 Å². The molecule has 1 saturated heterocycles. The maximum atomic E-state index is 4.91. The van der Waals surface area contributed by atoms with E-state index in [1.807, 2.05) is 6.33 Å². The smallest absolute Gasteiger partial charge is 0.193 e. The highest BCUT2D eigenvalue weighted by atomic mass is 127. The van der Waals surface area contributed by atoms with Crippen LogP contribution < -0.4 is 5.32 Å². The van der Waals surface area contributed by atoms with Gasteiger partial charge >= 0.3 is 0 Å². The average molecular weight is 524 g/mol. The molecule has 1 aromatic carbocycles. The molecule has 0 amide bonds. The number of aromatic nitrogens is 3. The molecule has 1 aliphatic rings. The fraction of sp³-hybridized carbons (Fsp3) is 0.609. The molecule has 2 aromatic rings. The Hall–Kier alpha value is -1.64. The van der Waals surface area contributed by atoms with Crippen molar-refractivity contribution in [2.24, 2.45) is 16.8 Å². The molecule has 6 nitrogen and oxygen atoms in total. The SMILES string of the molecule is CCc1nncn1CCNC(=NCC(C)C)N1CCC(Cc2ccccc2)CC1.I. The van der Waals surface area contributed by atoms with Gasteiger partial charge in [0.2, 0.25) is 0 Å². The number of aliphatic imine (C=N–C) groups is 1. The molecule has 0 bridgehead atoms. The Bertz CT molecular complexity index is 750. The molecule has 30 heavy (non-hydrogen) atoms.